The van der Waals surface area contributed by atoms with Crippen LogP contribution in [0.25, 0.3) is 21.6 Å². The minimum Gasteiger partial charge on any atom is -0.368 e. The average molecular weight is 368 g/mol. The van der Waals surface area contributed by atoms with Gasteiger partial charge in [0.05, 0.1) is 11.9 Å². The van der Waals surface area contributed by atoms with Crippen LogP contribution in [-0.2, 0) is 17.8 Å². The third kappa shape index (κ3) is 3.02. The molecule has 4 heterocycles. The predicted molar refractivity (Wildman–Crippen MR) is 103 cm³/mol. The lowest BCUT2D eigenvalue weighted by Gasteiger charge is -2.25. The molecule has 134 valence electrons. The van der Waals surface area contributed by atoms with Crippen LogP contribution >= 0.6 is 11.3 Å². The number of aromatic nitrogens is 3. The molecule has 0 saturated heterocycles. The highest BCUT2D eigenvalue weighted by Gasteiger charge is 2.25. The first-order chi connectivity index (χ1) is 12.7. The summed E-state index contributed by atoms with van der Waals surface area (Å²) in [4.78, 5) is 29.4. The molecule has 0 atom stereocenters. The van der Waals surface area contributed by atoms with Gasteiger partial charge in [-0.15, -0.1) is 11.3 Å². The Kier molecular flexibility index (Phi) is 4.52. The third-order valence-electron chi connectivity index (χ3n) is 4.52. The van der Waals surface area contributed by atoms with E-state index in [9.17, 15) is 4.79 Å². The van der Waals surface area contributed by atoms with Gasteiger partial charge in [0.25, 0.3) is 0 Å². The molecule has 1 amide bonds. The first-order valence-corrected chi connectivity index (χ1v) is 9.41. The van der Waals surface area contributed by atoms with E-state index in [0.717, 1.165) is 34.6 Å². The summed E-state index contributed by atoms with van der Waals surface area (Å²) in [6, 6.07) is 3.80. The summed E-state index contributed by atoms with van der Waals surface area (Å²) in [5.74, 6) is 1.60. The van der Waals surface area contributed by atoms with Crippen molar-refractivity contribution in [1.82, 2.24) is 19.9 Å². The normalized spacial score (nSPS) is 13.7. The molecule has 1 aliphatic heterocycles. The van der Waals surface area contributed by atoms with Crippen molar-refractivity contribution in [3.8, 4) is 11.4 Å². The summed E-state index contributed by atoms with van der Waals surface area (Å²) in [7, 11) is 0. The van der Waals surface area contributed by atoms with Crippen molar-refractivity contribution in [2.45, 2.75) is 19.9 Å². The molecular weight excluding hydrogens is 348 g/mol. The number of nitrogens with zero attached hydrogens (tertiary/aromatic N) is 4. The zero-order chi connectivity index (χ0) is 18.1. The number of nitrogens with two attached hydrogens (primary N) is 1. The largest absolute Gasteiger partial charge is 0.368 e. The Bertz CT molecular complexity index is 955. The topological polar surface area (TPSA) is 97.0 Å². The van der Waals surface area contributed by atoms with Crippen molar-refractivity contribution >= 4 is 33.3 Å². The molecule has 3 aromatic rings. The Morgan fingerprint density at radius 2 is 2.15 bits per heavy atom. The van der Waals surface area contributed by atoms with Crippen molar-refractivity contribution in [2.24, 2.45) is 5.73 Å². The Morgan fingerprint density at radius 3 is 2.88 bits per heavy atom. The standard InChI is InChI=1S/C18H20N6OS/c1-11(25)24-9-4-13-14(10-24)26-18-15(13)17(21-8-5-19)22-16(23-18)12-2-6-20-7-3-12/h2-3,6-7H,4-5,8-10,19H2,1H3,(H,21,22,23). The van der Waals surface area contributed by atoms with Crippen LogP contribution in [0.15, 0.2) is 24.5 Å². The summed E-state index contributed by atoms with van der Waals surface area (Å²) < 4.78 is 0. The number of fused-ring (bicyclic) bond motifs is 3. The van der Waals surface area contributed by atoms with Crippen LogP contribution in [0.5, 0.6) is 0 Å². The molecule has 0 unspecified atom stereocenters. The van der Waals surface area contributed by atoms with Crippen molar-refractivity contribution in [2.75, 3.05) is 25.0 Å². The summed E-state index contributed by atoms with van der Waals surface area (Å²) in [5.41, 5.74) is 7.86. The van der Waals surface area contributed by atoms with E-state index in [0.29, 0.717) is 25.5 Å². The second-order valence-electron chi connectivity index (χ2n) is 6.22. The molecule has 0 radical (unpaired) electrons. The lowest BCUT2D eigenvalue weighted by Crippen LogP contribution is -2.33. The van der Waals surface area contributed by atoms with Gasteiger partial charge >= 0.3 is 0 Å². The quantitative estimate of drug-likeness (QED) is 0.731. The van der Waals surface area contributed by atoms with E-state index in [-0.39, 0.29) is 5.91 Å². The van der Waals surface area contributed by atoms with Gasteiger partial charge in [-0.2, -0.15) is 0 Å². The minimum atomic E-state index is 0.109. The van der Waals surface area contributed by atoms with Crippen LogP contribution in [0.4, 0.5) is 5.82 Å². The van der Waals surface area contributed by atoms with E-state index >= 15 is 0 Å². The van der Waals surface area contributed by atoms with Crippen LogP contribution in [0.1, 0.15) is 17.4 Å². The van der Waals surface area contributed by atoms with Crippen molar-refractivity contribution in [1.29, 1.82) is 0 Å². The smallest absolute Gasteiger partial charge is 0.219 e. The fraction of sp³-hybridized carbons (Fsp3) is 0.333. The summed E-state index contributed by atoms with van der Waals surface area (Å²) in [5, 5.41) is 4.42. The molecule has 0 saturated carbocycles. The van der Waals surface area contributed by atoms with Gasteiger partial charge in [-0.1, -0.05) is 0 Å². The number of hydrogen-bond acceptors (Lipinski definition) is 7. The number of pyridine rings is 1. The van der Waals surface area contributed by atoms with Crippen molar-refractivity contribution < 1.29 is 4.79 Å². The molecule has 26 heavy (non-hydrogen) atoms. The van der Waals surface area contributed by atoms with E-state index in [1.165, 1.54) is 10.4 Å². The molecule has 0 bridgehead atoms. The Hall–Kier alpha value is -2.58. The van der Waals surface area contributed by atoms with Gasteiger partial charge in [0.15, 0.2) is 5.82 Å². The number of thiophene rings is 1. The number of rotatable bonds is 4. The molecule has 7 nitrogen and oxygen atoms in total. The van der Waals surface area contributed by atoms with E-state index < -0.39 is 0 Å². The van der Waals surface area contributed by atoms with Crippen LogP contribution in [0.3, 0.4) is 0 Å². The molecule has 3 N–H and O–H groups in total. The first kappa shape index (κ1) is 16.9. The number of carbonyl (C=O) groups is 1. The number of nitrogens with one attached hydrogen (secondary N) is 1. The molecular formula is C18H20N6OS. The van der Waals surface area contributed by atoms with E-state index in [1.54, 1.807) is 30.7 Å². The third-order valence-corrected chi connectivity index (χ3v) is 5.63. The van der Waals surface area contributed by atoms with Crippen molar-refractivity contribution in [3.63, 3.8) is 0 Å². The maximum absolute atomic E-state index is 11.7. The molecule has 0 spiro atoms. The van der Waals surface area contributed by atoms with Crippen molar-refractivity contribution in [3.05, 3.63) is 35.0 Å². The zero-order valence-electron chi connectivity index (χ0n) is 14.5. The molecule has 8 heteroatoms. The number of carbonyl (C=O) groups excluding carboxylic acids is 1. The predicted octanol–water partition coefficient (Wildman–Crippen LogP) is 2.03. The Labute approximate surface area is 155 Å². The summed E-state index contributed by atoms with van der Waals surface area (Å²) in [6.07, 6.45) is 4.30. The molecule has 3 aromatic heterocycles. The second kappa shape index (κ2) is 6.97. The SMILES string of the molecule is CC(=O)N1CCc2c(sc3nc(-c4ccncc4)nc(NCCN)c23)C1. The fourth-order valence-corrected chi connectivity index (χ4v) is 4.45. The molecule has 0 aliphatic carbocycles. The van der Waals surface area contributed by atoms with Crippen LogP contribution in [0, 0.1) is 0 Å². The highest BCUT2D eigenvalue weighted by Crippen LogP contribution is 2.38. The number of amides is 1. The monoisotopic (exact) mass is 368 g/mol. The van der Waals surface area contributed by atoms with Gasteiger partial charge in [-0.25, -0.2) is 9.97 Å². The highest BCUT2D eigenvalue weighted by atomic mass is 32.1. The molecule has 1 aliphatic rings. The maximum Gasteiger partial charge on any atom is 0.219 e. The highest BCUT2D eigenvalue weighted by molar-refractivity contribution is 7.19. The van der Waals surface area contributed by atoms with Gasteiger partial charge in [0.1, 0.15) is 10.6 Å². The Balaban J connectivity index is 1.85. The fourth-order valence-electron chi connectivity index (χ4n) is 3.21. The Morgan fingerprint density at radius 1 is 1.35 bits per heavy atom. The first-order valence-electron chi connectivity index (χ1n) is 8.59. The van der Waals surface area contributed by atoms with Gasteiger partial charge in [-0.3, -0.25) is 9.78 Å². The van der Waals surface area contributed by atoms with E-state index in [4.69, 9.17) is 15.7 Å². The number of anilines is 1. The molecule has 0 aromatic carbocycles. The lowest BCUT2D eigenvalue weighted by atomic mass is 10.0. The lowest BCUT2D eigenvalue weighted by molar-refractivity contribution is -0.129. The van der Waals surface area contributed by atoms with E-state index in [1.807, 2.05) is 17.0 Å². The van der Waals surface area contributed by atoms with Crippen LogP contribution in [-0.4, -0.2) is 45.4 Å². The van der Waals surface area contributed by atoms with Gasteiger partial charge in [0.2, 0.25) is 5.91 Å². The number of hydrogen-bond donors (Lipinski definition) is 2. The maximum atomic E-state index is 11.7. The summed E-state index contributed by atoms with van der Waals surface area (Å²) in [6.45, 7) is 4.17. The van der Waals surface area contributed by atoms with Crippen LogP contribution < -0.4 is 11.1 Å². The molecule has 4 rings (SSSR count). The van der Waals surface area contributed by atoms with Gasteiger partial charge in [-0.05, 0) is 24.1 Å². The molecule has 0 fully saturated rings. The summed E-state index contributed by atoms with van der Waals surface area (Å²) >= 11 is 1.65. The van der Waals surface area contributed by atoms with Crippen LogP contribution in [0.2, 0.25) is 0 Å². The van der Waals surface area contributed by atoms with E-state index in [2.05, 4.69) is 10.3 Å². The second-order valence-corrected chi connectivity index (χ2v) is 7.31. The minimum absolute atomic E-state index is 0.109. The van der Waals surface area contributed by atoms with Gasteiger partial charge < -0.3 is 16.0 Å². The average Bonchev–Trinajstić information content (AvgIpc) is 3.04. The van der Waals surface area contributed by atoms with Gasteiger partial charge in [0, 0.05) is 49.4 Å². The zero-order valence-corrected chi connectivity index (χ0v) is 15.3.